The van der Waals surface area contributed by atoms with Gasteiger partial charge in [-0.15, -0.1) is 0 Å². The molecule has 2 N–H and O–H groups in total. The van der Waals surface area contributed by atoms with E-state index in [-0.39, 0.29) is 5.91 Å². The summed E-state index contributed by atoms with van der Waals surface area (Å²) in [6.45, 7) is 3.30. The number of carbonyl (C=O) groups excluding carboxylic acids is 1. The first-order chi connectivity index (χ1) is 11.2. The van der Waals surface area contributed by atoms with Gasteiger partial charge in [-0.1, -0.05) is 46.3 Å². The molecule has 3 rings (SSSR count). The fourth-order valence-corrected chi connectivity index (χ4v) is 3.37. The third-order valence-corrected chi connectivity index (χ3v) is 4.96. The molecule has 0 aromatic heterocycles. The molecule has 0 saturated carbocycles. The number of amides is 1. The van der Waals surface area contributed by atoms with E-state index < -0.39 is 0 Å². The van der Waals surface area contributed by atoms with Gasteiger partial charge >= 0.3 is 0 Å². The Hall–Kier alpha value is -1.65. The first-order valence-electron chi connectivity index (χ1n) is 8.14. The van der Waals surface area contributed by atoms with Crippen LogP contribution in [0.15, 0.2) is 59.1 Å². The van der Waals surface area contributed by atoms with Crippen LogP contribution in [-0.2, 0) is 6.54 Å². The van der Waals surface area contributed by atoms with Crippen LogP contribution in [0, 0.1) is 0 Å². The van der Waals surface area contributed by atoms with Crippen LogP contribution >= 0.6 is 15.9 Å². The number of nitrogens with one attached hydrogen (secondary N) is 2. The number of halogens is 1. The Morgan fingerprint density at radius 3 is 2.35 bits per heavy atom. The maximum absolute atomic E-state index is 12.3. The lowest BCUT2D eigenvalue weighted by atomic mass is 10.0. The van der Waals surface area contributed by atoms with Gasteiger partial charge in [-0.25, -0.2) is 0 Å². The first-order valence-corrected chi connectivity index (χ1v) is 8.94. The predicted octanol–water partition coefficient (Wildman–Crippen LogP) is 2.43. The highest BCUT2D eigenvalue weighted by Crippen LogP contribution is 2.11. The van der Waals surface area contributed by atoms with Gasteiger partial charge in [-0.3, -0.25) is 4.79 Å². The molecule has 1 saturated heterocycles. The second kappa shape index (κ2) is 7.75. The molecule has 0 bridgehead atoms. The molecule has 23 heavy (non-hydrogen) atoms. The van der Waals surface area contributed by atoms with Gasteiger partial charge in [0.15, 0.2) is 0 Å². The molecule has 1 amide bonds. The van der Waals surface area contributed by atoms with Crippen LogP contribution in [0.4, 0.5) is 0 Å². The van der Waals surface area contributed by atoms with E-state index in [9.17, 15) is 4.79 Å². The topological polar surface area (TPSA) is 33.5 Å². The van der Waals surface area contributed by atoms with Gasteiger partial charge in [-0.05, 0) is 24.3 Å². The van der Waals surface area contributed by atoms with Crippen molar-refractivity contribution in [1.29, 1.82) is 0 Å². The molecule has 0 unspecified atom stereocenters. The highest BCUT2D eigenvalue weighted by atomic mass is 79.9. The van der Waals surface area contributed by atoms with Crippen molar-refractivity contribution in [2.24, 2.45) is 0 Å². The lowest BCUT2D eigenvalue weighted by Crippen LogP contribution is -3.12. The Balaban J connectivity index is 1.47. The summed E-state index contributed by atoms with van der Waals surface area (Å²) in [7, 11) is 0. The lowest BCUT2D eigenvalue weighted by Gasteiger charge is -2.29. The molecule has 1 fully saturated rings. The molecule has 0 atom stereocenters. The summed E-state index contributed by atoms with van der Waals surface area (Å²) in [6.07, 6.45) is 2.09. The second-order valence-corrected chi connectivity index (χ2v) is 7.08. The standard InChI is InChI=1S/C19H21BrN2O/c20-17-8-6-16(7-9-17)19(23)21-18-10-12-22(13-11-18)14-15-4-2-1-3-5-15/h1-9,18H,10-14H2,(H,21,23)/p+1. The van der Waals surface area contributed by atoms with Crippen molar-refractivity contribution >= 4 is 21.8 Å². The zero-order chi connectivity index (χ0) is 16.1. The van der Waals surface area contributed by atoms with Crippen molar-refractivity contribution in [3.63, 3.8) is 0 Å². The van der Waals surface area contributed by atoms with E-state index >= 15 is 0 Å². The molecule has 2 aromatic rings. The summed E-state index contributed by atoms with van der Waals surface area (Å²) in [5.74, 6) is 0.0361. The highest BCUT2D eigenvalue weighted by Gasteiger charge is 2.23. The number of hydrogen-bond donors (Lipinski definition) is 2. The van der Waals surface area contributed by atoms with Gasteiger partial charge < -0.3 is 10.2 Å². The molecule has 1 heterocycles. The summed E-state index contributed by atoms with van der Waals surface area (Å²) in [5.41, 5.74) is 2.12. The molecule has 1 aliphatic rings. The van der Waals surface area contributed by atoms with Crippen LogP contribution in [0.5, 0.6) is 0 Å². The molecule has 4 heteroatoms. The molecular formula is C19H22BrN2O+. The Kier molecular flexibility index (Phi) is 5.47. The fourth-order valence-electron chi connectivity index (χ4n) is 3.10. The second-order valence-electron chi connectivity index (χ2n) is 6.17. The highest BCUT2D eigenvalue weighted by molar-refractivity contribution is 9.10. The number of quaternary nitrogens is 1. The van der Waals surface area contributed by atoms with Crippen LogP contribution in [0.2, 0.25) is 0 Å². The van der Waals surface area contributed by atoms with Crippen molar-refractivity contribution in [3.05, 3.63) is 70.2 Å². The summed E-state index contributed by atoms with van der Waals surface area (Å²) < 4.78 is 0.992. The molecule has 2 aromatic carbocycles. The molecule has 0 spiro atoms. The quantitative estimate of drug-likeness (QED) is 0.847. The van der Waals surface area contributed by atoms with Crippen molar-refractivity contribution in [1.82, 2.24) is 5.32 Å². The maximum atomic E-state index is 12.3. The van der Waals surface area contributed by atoms with Gasteiger partial charge in [-0.2, -0.15) is 0 Å². The number of benzene rings is 2. The third kappa shape index (κ3) is 4.66. The van der Waals surface area contributed by atoms with Crippen LogP contribution < -0.4 is 10.2 Å². The van der Waals surface area contributed by atoms with Crippen LogP contribution in [0.25, 0.3) is 0 Å². The van der Waals surface area contributed by atoms with Crippen LogP contribution in [0.1, 0.15) is 28.8 Å². The minimum atomic E-state index is 0.0361. The summed E-state index contributed by atoms with van der Waals surface area (Å²) in [4.78, 5) is 13.9. The van der Waals surface area contributed by atoms with Gasteiger partial charge in [0.1, 0.15) is 6.54 Å². The number of carbonyl (C=O) groups is 1. The van der Waals surface area contributed by atoms with E-state index in [1.54, 1.807) is 4.90 Å². The van der Waals surface area contributed by atoms with E-state index in [0.717, 1.165) is 42.5 Å². The van der Waals surface area contributed by atoms with Crippen LogP contribution in [-0.4, -0.2) is 25.0 Å². The average molecular weight is 374 g/mol. The molecule has 1 aliphatic heterocycles. The van der Waals surface area contributed by atoms with E-state index in [1.807, 2.05) is 24.3 Å². The Bertz CT molecular complexity index is 634. The Morgan fingerprint density at radius 1 is 1.04 bits per heavy atom. The zero-order valence-electron chi connectivity index (χ0n) is 13.1. The number of likely N-dealkylation sites (tertiary alicyclic amines) is 1. The normalized spacial score (nSPS) is 20.9. The Morgan fingerprint density at radius 2 is 1.70 bits per heavy atom. The monoisotopic (exact) mass is 373 g/mol. The fraction of sp³-hybridized carbons (Fsp3) is 0.316. The average Bonchev–Trinajstić information content (AvgIpc) is 2.58. The van der Waals surface area contributed by atoms with Crippen LogP contribution in [0.3, 0.4) is 0 Å². The van der Waals surface area contributed by atoms with Crippen molar-refractivity contribution in [2.75, 3.05) is 13.1 Å². The molecular weight excluding hydrogens is 352 g/mol. The lowest BCUT2D eigenvalue weighted by molar-refractivity contribution is -0.918. The minimum absolute atomic E-state index is 0.0361. The zero-order valence-corrected chi connectivity index (χ0v) is 14.7. The maximum Gasteiger partial charge on any atom is 0.251 e. The smallest absolute Gasteiger partial charge is 0.251 e. The largest absolute Gasteiger partial charge is 0.349 e. The first kappa shape index (κ1) is 16.2. The minimum Gasteiger partial charge on any atom is -0.349 e. The summed E-state index contributed by atoms with van der Waals surface area (Å²) in [6, 6.07) is 18.4. The molecule has 0 radical (unpaired) electrons. The number of hydrogen-bond acceptors (Lipinski definition) is 1. The number of piperidine rings is 1. The van der Waals surface area contributed by atoms with E-state index in [4.69, 9.17) is 0 Å². The molecule has 3 nitrogen and oxygen atoms in total. The van der Waals surface area contributed by atoms with E-state index in [2.05, 4.69) is 51.6 Å². The predicted molar refractivity (Wildman–Crippen MR) is 95.5 cm³/mol. The van der Waals surface area contributed by atoms with Crippen molar-refractivity contribution < 1.29 is 9.69 Å². The van der Waals surface area contributed by atoms with Gasteiger partial charge in [0.2, 0.25) is 0 Å². The molecule has 120 valence electrons. The SMILES string of the molecule is O=C(NC1CC[NH+](Cc2ccccc2)CC1)c1ccc(Br)cc1. The van der Waals surface area contributed by atoms with Crippen molar-refractivity contribution in [2.45, 2.75) is 25.4 Å². The third-order valence-electron chi connectivity index (χ3n) is 4.43. The number of rotatable bonds is 4. The Labute approximate surface area is 145 Å². The van der Waals surface area contributed by atoms with Crippen molar-refractivity contribution in [3.8, 4) is 0 Å². The van der Waals surface area contributed by atoms with Gasteiger partial charge in [0.05, 0.1) is 13.1 Å². The van der Waals surface area contributed by atoms with E-state index in [0.29, 0.717) is 6.04 Å². The van der Waals surface area contributed by atoms with Gasteiger partial charge in [0.25, 0.3) is 5.91 Å². The summed E-state index contributed by atoms with van der Waals surface area (Å²) >= 11 is 3.39. The van der Waals surface area contributed by atoms with Gasteiger partial charge in [0, 0.05) is 34.5 Å². The van der Waals surface area contributed by atoms with E-state index in [1.165, 1.54) is 5.56 Å². The summed E-state index contributed by atoms with van der Waals surface area (Å²) in [5, 5.41) is 3.17. The molecule has 0 aliphatic carbocycles.